The molecule has 0 aliphatic carbocycles. The Labute approximate surface area is 141 Å². The van der Waals surface area contributed by atoms with Crippen LogP contribution in [0.1, 0.15) is 21.5 Å². The average molecular weight is 326 g/mol. The molecule has 1 amide bonds. The summed E-state index contributed by atoms with van der Waals surface area (Å²) in [6, 6.07) is 11.6. The van der Waals surface area contributed by atoms with Crippen LogP contribution in [0, 0.1) is 6.92 Å². The second kappa shape index (κ2) is 7.11. The van der Waals surface area contributed by atoms with Gasteiger partial charge >= 0.3 is 0 Å². The summed E-state index contributed by atoms with van der Waals surface area (Å²) in [6.45, 7) is 3.23. The first kappa shape index (κ1) is 16.6. The number of aryl methyl sites for hydroxylation is 1. The zero-order chi connectivity index (χ0) is 17.0. The highest BCUT2D eigenvalue weighted by molar-refractivity contribution is 5.94. The Kier molecular flexibility index (Phi) is 4.92. The average Bonchev–Trinajstić information content (AvgIpc) is 2.62. The molecular weight excluding hydrogens is 304 g/mol. The minimum Gasteiger partial charge on any atom is -0.393 e. The van der Waals surface area contributed by atoms with Crippen LogP contribution < -0.4 is 0 Å². The molecule has 1 atom stereocenters. The van der Waals surface area contributed by atoms with Crippen molar-refractivity contribution in [1.82, 2.24) is 9.88 Å². The summed E-state index contributed by atoms with van der Waals surface area (Å²) in [5.74, 6) is -0.0530. The molecule has 0 spiro atoms. The molecule has 1 aliphatic heterocycles. The van der Waals surface area contributed by atoms with Crippen molar-refractivity contribution in [2.75, 3.05) is 26.3 Å². The first-order chi connectivity index (χ1) is 11.6. The van der Waals surface area contributed by atoms with Crippen molar-refractivity contribution in [1.29, 1.82) is 0 Å². The van der Waals surface area contributed by atoms with Gasteiger partial charge in [-0.25, -0.2) is 0 Å². The number of carbonyl (C=O) groups is 1. The van der Waals surface area contributed by atoms with Crippen LogP contribution in [0.5, 0.6) is 0 Å². The quantitative estimate of drug-likeness (QED) is 0.931. The largest absolute Gasteiger partial charge is 0.393 e. The topological polar surface area (TPSA) is 62.7 Å². The predicted molar refractivity (Wildman–Crippen MR) is 90.8 cm³/mol. The summed E-state index contributed by atoms with van der Waals surface area (Å²) in [5, 5.41) is 9.97. The first-order valence-corrected chi connectivity index (χ1v) is 8.12. The van der Waals surface area contributed by atoms with Gasteiger partial charge in [-0.15, -0.1) is 0 Å². The highest BCUT2D eigenvalue weighted by Gasteiger charge is 2.38. The lowest BCUT2D eigenvalue weighted by molar-refractivity contribution is -0.123. The molecule has 2 aromatic rings. The van der Waals surface area contributed by atoms with Gasteiger partial charge in [-0.3, -0.25) is 9.78 Å². The van der Waals surface area contributed by atoms with Crippen molar-refractivity contribution in [3.05, 3.63) is 65.5 Å². The van der Waals surface area contributed by atoms with E-state index in [0.29, 0.717) is 31.7 Å². The van der Waals surface area contributed by atoms with Crippen LogP contribution in [0.3, 0.4) is 0 Å². The molecule has 2 heterocycles. The van der Waals surface area contributed by atoms with E-state index in [1.54, 1.807) is 29.4 Å². The van der Waals surface area contributed by atoms with Gasteiger partial charge in [-0.2, -0.15) is 0 Å². The van der Waals surface area contributed by atoms with E-state index in [0.717, 1.165) is 5.56 Å². The van der Waals surface area contributed by atoms with Crippen LogP contribution in [0.4, 0.5) is 0 Å². The van der Waals surface area contributed by atoms with E-state index in [1.807, 2.05) is 25.1 Å². The number of benzene rings is 1. The monoisotopic (exact) mass is 326 g/mol. The predicted octanol–water partition coefficient (Wildman–Crippen LogP) is 1.84. The molecule has 3 rings (SSSR count). The molecule has 0 unspecified atom stereocenters. The first-order valence-electron chi connectivity index (χ1n) is 8.12. The Hall–Kier alpha value is -2.24. The summed E-state index contributed by atoms with van der Waals surface area (Å²) in [6.07, 6.45) is 3.80. The normalized spacial score (nSPS) is 20.8. The van der Waals surface area contributed by atoms with Gasteiger partial charge < -0.3 is 14.7 Å². The van der Waals surface area contributed by atoms with E-state index >= 15 is 0 Å². The van der Waals surface area contributed by atoms with Crippen molar-refractivity contribution >= 4 is 5.91 Å². The van der Waals surface area contributed by atoms with Gasteiger partial charge in [0.05, 0.1) is 19.8 Å². The van der Waals surface area contributed by atoms with Crippen molar-refractivity contribution in [2.45, 2.75) is 18.9 Å². The van der Waals surface area contributed by atoms with Gasteiger partial charge in [0.1, 0.15) is 5.60 Å². The molecule has 1 aromatic carbocycles. The van der Waals surface area contributed by atoms with Gasteiger partial charge in [0.25, 0.3) is 5.91 Å². The minimum absolute atomic E-state index is 0.0530. The molecule has 5 heteroatoms. The number of aliphatic hydroxyl groups is 1. The Morgan fingerprint density at radius 3 is 2.83 bits per heavy atom. The molecule has 24 heavy (non-hydrogen) atoms. The number of aromatic nitrogens is 1. The van der Waals surface area contributed by atoms with Crippen LogP contribution in [0.25, 0.3) is 0 Å². The molecule has 0 bridgehead atoms. The fraction of sp³-hybridized carbons (Fsp3) is 0.368. The number of hydrogen-bond donors (Lipinski definition) is 1. The Morgan fingerprint density at radius 1 is 1.33 bits per heavy atom. The number of amides is 1. The van der Waals surface area contributed by atoms with Crippen molar-refractivity contribution in [3.8, 4) is 0 Å². The van der Waals surface area contributed by atoms with Crippen LogP contribution in [0.15, 0.2) is 48.8 Å². The number of nitrogens with zero attached hydrogens (tertiary/aromatic N) is 2. The van der Waals surface area contributed by atoms with Crippen LogP contribution in [-0.2, 0) is 11.2 Å². The van der Waals surface area contributed by atoms with Crippen LogP contribution in [-0.4, -0.2) is 52.8 Å². The van der Waals surface area contributed by atoms with Crippen molar-refractivity contribution < 1.29 is 14.6 Å². The summed E-state index contributed by atoms with van der Waals surface area (Å²) in [4.78, 5) is 18.4. The smallest absolute Gasteiger partial charge is 0.254 e. The lowest BCUT2D eigenvalue weighted by Crippen LogP contribution is -2.56. The maximum Gasteiger partial charge on any atom is 0.254 e. The number of hydrogen-bond acceptors (Lipinski definition) is 4. The summed E-state index contributed by atoms with van der Waals surface area (Å²) >= 11 is 0. The third-order valence-electron chi connectivity index (χ3n) is 4.36. The molecule has 126 valence electrons. The number of ether oxygens (including phenoxy) is 1. The zero-order valence-corrected chi connectivity index (χ0v) is 13.8. The SMILES string of the molecule is Cc1cccc(C[C@@]2(CO)CN(C(=O)c3ccncc3)CCO2)c1. The summed E-state index contributed by atoms with van der Waals surface area (Å²) in [5.41, 5.74) is 2.12. The van der Waals surface area contributed by atoms with E-state index in [4.69, 9.17) is 4.74 Å². The summed E-state index contributed by atoms with van der Waals surface area (Å²) < 4.78 is 5.92. The summed E-state index contributed by atoms with van der Waals surface area (Å²) in [7, 11) is 0. The molecule has 1 aliphatic rings. The third-order valence-corrected chi connectivity index (χ3v) is 4.36. The highest BCUT2D eigenvalue weighted by Crippen LogP contribution is 2.24. The second-order valence-corrected chi connectivity index (χ2v) is 6.32. The van der Waals surface area contributed by atoms with E-state index < -0.39 is 5.60 Å². The van der Waals surface area contributed by atoms with E-state index in [2.05, 4.69) is 11.1 Å². The standard InChI is InChI=1S/C19H22N2O3/c1-15-3-2-4-16(11-15)12-19(14-22)13-21(9-10-24-19)18(23)17-5-7-20-8-6-17/h2-8,11,22H,9-10,12-14H2,1H3/t19-/m0/s1. The fourth-order valence-corrected chi connectivity index (χ4v) is 3.15. The number of aliphatic hydroxyl groups excluding tert-OH is 1. The number of pyridine rings is 1. The lowest BCUT2D eigenvalue weighted by atomic mass is 9.92. The second-order valence-electron chi connectivity index (χ2n) is 6.32. The Bertz CT molecular complexity index is 705. The third kappa shape index (κ3) is 3.63. The minimum atomic E-state index is -0.755. The van der Waals surface area contributed by atoms with Gasteiger partial charge in [0.15, 0.2) is 0 Å². The number of rotatable bonds is 4. The molecular formula is C19H22N2O3. The van der Waals surface area contributed by atoms with Gasteiger partial charge in [0.2, 0.25) is 0 Å². The van der Waals surface area contributed by atoms with Crippen molar-refractivity contribution in [3.63, 3.8) is 0 Å². The van der Waals surface area contributed by atoms with Gasteiger partial charge in [-0.1, -0.05) is 29.8 Å². The maximum atomic E-state index is 12.7. The molecule has 5 nitrogen and oxygen atoms in total. The molecule has 1 aromatic heterocycles. The van der Waals surface area contributed by atoms with E-state index in [-0.39, 0.29) is 12.5 Å². The Morgan fingerprint density at radius 2 is 2.12 bits per heavy atom. The molecule has 0 radical (unpaired) electrons. The highest BCUT2D eigenvalue weighted by atomic mass is 16.5. The van der Waals surface area contributed by atoms with Gasteiger partial charge in [0, 0.05) is 30.9 Å². The van der Waals surface area contributed by atoms with E-state index in [9.17, 15) is 9.90 Å². The number of morpholine rings is 1. The maximum absolute atomic E-state index is 12.7. The fourth-order valence-electron chi connectivity index (χ4n) is 3.15. The lowest BCUT2D eigenvalue weighted by Gasteiger charge is -2.42. The molecule has 1 saturated heterocycles. The van der Waals surface area contributed by atoms with Crippen molar-refractivity contribution in [2.24, 2.45) is 0 Å². The molecule has 1 N–H and O–H groups in total. The van der Waals surface area contributed by atoms with Crippen LogP contribution in [0.2, 0.25) is 0 Å². The van der Waals surface area contributed by atoms with Gasteiger partial charge in [-0.05, 0) is 24.6 Å². The molecule has 1 fully saturated rings. The Balaban J connectivity index is 1.78. The van der Waals surface area contributed by atoms with Crippen LogP contribution >= 0.6 is 0 Å². The number of carbonyl (C=O) groups excluding carboxylic acids is 1. The zero-order valence-electron chi connectivity index (χ0n) is 13.8. The molecule has 0 saturated carbocycles. The van der Waals surface area contributed by atoms with E-state index in [1.165, 1.54) is 5.56 Å².